The van der Waals surface area contributed by atoms with E-state index in [1.54, 1.807) is 54.6 Å². The number of thioether (sulfide) groups is 1. The van der Waals surface area contributed by atoms with Crippen molar-refractivity contribution in [3.8, 4) is 5.69 Å². The fraction of sp³-hybridized carbons (Fsp3) is 0.0455. The lowest BCUT2D eigenvalue weighted by atomic mass is 10.2. The fourth-order valence-corrected chi connectivity index (χ4v) is 3.77. The Labute approximate surface area is 178 Å². The van der Waals surface area contributed by atoms with Crippen LogP contribution >= 0.6 is 11.8 Å². The van der Waals surface area contributed by atoms with E-state index < -0.39 is 29.0 Å². The zero-order chi connectivity index (χ0) is 22.0. The summed E-state index contributed by atoms with van der Waals surface area (Å²) in [5.41, 5.74) is 0.261. The Balaban J connectivity index is 1.64. The molecule has 0 unspecified atom stereocenters. The maximum Gasteiger partial charge on any atom is 0.266 e. The van der Waals surface area contributed by atoms with Crippen LogP contribution in [0.4, 0.5) is 18.9 Å². The summed E-state index contributed by atoms with van der Waals surface area (Å²) in [4.78, 5) is 29.9. The van der Waals surface area contributed by atoms with Gasteiger partial charge in [0, 0.05) is 0 Å². The number of hydrogen-bond acceptors (Lipinski definition) is 4. The van der Waals surface area contributed by atoms with Gasteiger partial charge in [0.15, 0.2) is 22.6 Å². The van der Waals surface area contributed by atoms with Crippen LogP contribution in [0.25, 0.3) is 16.6 Å². The minimum absolute atomic E-state index is 0.240. The summed E-state index contributed by atoms with van der Waals surface area (Å²) in [7, 11) is 0. The monoisotopic (exact) mass is 441 g/mol. The number of para-hydroxylation sites is 2. The number of fused-ring (bicyclic) bond motifs is 1. The maximum absolute atomic E-state index is 13.8. The number of amides is 1. The summed E-state index contributed by atoms with van der Waals surface area (Å²) in [6, 6.07) is 17.3. The molecule has 4 rings (SSSR count). The number of carbonyl (C=O) groups is 1. The summed E-state index contributed by atoms with van der Waals surface area (Å²) in [5.74, 6) is -5.41. The van der Waals surface area contributed by atoms with Crippen molar-refractivity contribution in [2.45, 2.75) is 5.16 Å². The van der Waals surface area contributed by atoms with Crippen LogP contribution in [-0.2, 0) is 4.79 Å². The summed E-state index contributed by atoms with van der Waals surface area (Å²) in [6.45, 7) is 0. The molecule has 0 aliphatic heterocycles. The number of rotatable bonds is 5. The highest BCUT2D eigenvalue weighted by Crippen LogP contribution is 2.23. The summed E-state index contributed by atoms with van der Waals surface area (Å²) < 4.78 is 41.6. The minimum atomic E-state index is -1.67. The molecule has 3 aromatic carbocycles. The summed E-state index contributed by atoms with van der Waals surface area (Å²) >= 11 is 0.961. The van der Waals surface area contributed by atoms with Crippen molar-refractivity contribution in [3.05, 3.63) is 94.5 Å². The van der Waals surface area contributed by atoms with Crippen LogP contribution in [0, 0.1) is 17.5 Å². The van der Waals surface area contributed by atoms with Gasteiger partial charge in [0.05, 0.1) is 28.0 Å². The van der Waals surface area contributed by atoms with Gasteiger partial charge in [-0.25, -0.2) is 18.2 Å². The van der Waals surface area contributed by atoms with Crippen LogP contribution in [0.2, 0.25) is 0 Å². The number of nitrogens with zero attached hydrogens (tertiary/aromatic N) is 2. The maximum atomic E-state index is 13.8. The molecule has 0 fully saturated rings. The molecule has 1 aromatic heterocycles. The Morgan fingerprint density at radius 2 is 1.65 bits per heavy atom. The quantitative estimate of drug-likeness (QED) is 0.281. The number of hydrogen-bond donors (Lipinski definition) is 1. The number of nitrogens with one attached hydrogen (secondary N) is 1. The van der Waals surface area contributed by atoms with Crippen molar-refractivity contribution >= 4 is 34.3 Å². The highest BCUT2D eigenvalue weighted by atomic mass is 32.2. The molecule has 0 atom stereocenters. The molecule has 0 radical (unpaired) electrons. The third kappa shape index (κ3) is 4.17. The number of carbonyl (C=O) groups excluding carboxylic acids is 1. The van der Waals surface area contributed by atoms with Crippen molar-refractivity contribution in [2.24, 2.45) is 0 Å². The Morgan fingerprint density at radius 3 is 2.42 bits per heavy atom. The first-order valence-electron chi connectivity index (χ1n) is 9.09. The molecule has 1 N–H and O–H groups in total. The average molecular weight is 441 g/mol. The van der Waals surface area contributed by atoms with Crippen molar-refractivity contribution in [2.75, 3.05) is 11.1 Å². The third-order valence-electron chi connectivity index (χ3n) is 4.40. The predicted molar refractivity (Wildman–Crippen MR) is 113 cm³/mol. The molecular formula is C22H14F3N3O2S. The second kappa shape index (κ2) is 8.65. The van der Waals surface area contributed by atoms with Crippen LogP contribution in [0.5, 0.6) is 0 Å². The summed E-state index contributed by atoms with van der Waals surface area (Å²) in [5, 5.41) is 2.88. The van der Waals surface area contributed by atoms with E-state index in [0.717, 1.165) is 23.9 Å². The molecule has 0 bridgehead atoms. The normalized spacial score (nSPS) is 10.9. The van der Waals surface area contributed by atoms with E-state index in [2.05, 4.69) is 10.3 Å². The standard InChI is InChI=1S/C22H14F3N3O2S/c23-15-10-11-17(20(25)19(15)24)26-18(29)12-31-22-27-16-9-5-4-8-14(16)21(30)28(22)13-6-2-1-3-7-13/h1-11H,12H2,(H,26,29). The molecule has 0 saturated heterocycles. The number of halogens is 3. The van der Waals surface area contributed by atoms with Gasteiger partial charge in [0.25, 0.3) is 5.56 Å². The zero-order valence-corrected chi connectivity index (χ0v) is 16.6. The minimum Gasteiger partial charge on any atom is -0.323 e. The van der Waals surface area contributed by atoms with Crippen molar-refractivity contribution < 1.29 is 18.0 Å². The SMILES string of the molecule is O=C(CSc1nc2ccccc2c(=O)n1-c1ccccc1)Nc1ccc(F)c(F)c1F. The van der Waals surface area contributed by atoms with Gasteiger partial charge in [-0.15, -0.1) is 0 Å². The molecule has 0 aliphatic carbocycles. The lowest BCUT2D eigenvalue weighted by Crippen LogP contribution is -2.23. The number of anilines is 1. The molecule has 156 valence electrons. The smallest absolute Gasteiger partial charge is 0.266 e. The van der Waals surface area contributed by atoms with Crippen LogP contribution in [0.15, 0.2) is 76.7 Å². The van der Waals surface area contributed by atoms with Crippen LogP contribution in [0.3, 0.4) is 0 Å². The van der Waals surface area contributed by atoms with Gasteiger partial charge in [0.1, 0.15) is 0 Å². The van der Waals surface area contributed by atoms with Crippen LogP contribution in [-0.4, -0.2) is 21.2 Å². The van der Waals surface area contributed by atoms with Gasteiger partial charge in [-0.1, -0.05) is 42.1 Å². The molecule has 5 nitrogen and oxygen atoms in total. The first-order chi connectivity index (χ1) is 15.0. The van der Waals surface area contributed by atoms with E-state index in [9.17, 15) is 22.8 Å². The van der Waals surface area contributed by atoms with E-state index >= 15 is 0 Å². The van der Waals surface area contributed by atoms with Crippen molar-refractivity contribution in [3.63, 3.8) is 0 Å². The van der Waals surface area contributed by atoms with E-state index in [4.69, 9.17) is 0 Å². The molecule has 9 heteroatoms. The second-order valence-electron chi connectivity index (χ2n) is 6.45. The van der Waals surface area contributed by atoms with Gasteiger partial charge in [0.2, 0.25) is 5.91 Å². The Bertz CT molecular complexity index is 1340. The van der Waals surface area contributed by atoms with E-state index in [1.165, 1.54) is 4.57 Å². The predicted octanol–water partition coefficient (Wildman–Crippen LogP) is 4.53. The largest absolute Gasteiger partial charge is 0.323 e. The Morgan fingerprint density at radius 1 is 0.935 bits per heavy atom. The van der Waals surface area contributed by atoms with Crippen LogP contribution in [0.1, 0.15) is 0 Å². The molecule has 4 aromatic rings. The van der Waals surface area contributed by atoms with Crippen LogP contribution < -0.4 is 10.9 Å². The molecule has 1 heterocycles. The fourth-order valence-electron chi connectivity index (χ4n) is 2.95. The topological polar surface area (TPSA) is 64.0 Å². The lowest BCUT2D eigenvalue weighted by molar-refractivity contribution is -0.113. The molecular weight excluding hydrogens is 427 g/mol. The number of benzene rings is 3. The van der Waals surface area contributed by atoms with Gasteiger partial charge in [-0.2, -0.15) is 0 Å². The molecule has 0 saturated carbocycles. The second-order valence-corrected chi connectivity index (χ2v) is 7.39. The van der Waals surface area contributed by atoms with Gasteiger partial charge < -0.3 is 5.32 Å². The van der Waals surface area contributed by atoms with Gasteiger partial charge in [-0.3, -0.25) is 14.2 Å². The third-order valence-corrected chi connectivity index (χ3v) is 5.34. The van der Waals surface area contributed by atoms with E-state index in [1.807, 2.05) is 0 Å². The average Bonchev–Trinajstić information content (AvgIpc) is 2.79. The van der Waals surface area contributed by atoms with Crippen molar-refractivity contribution in [1.29, 1.82) is 0 Å². The highest BCUT2D eigenvalue weighted by molar-refractivity contribution is 7.99. The molecule has 0 spiro atoms. The van der Waals surface area contributed by atoms with E-state index in [-0.39, 0.29) is 16.5 Å². The zero-order valence-electron chi connectivity index (χ0n) is 15.8. The lowest BCUT2D eigenvalue weighted by Gasteiger charge is -2.13. The first-order valence-corrected chi connectivity index (χ1v) is 10.1. The van der Waals surface area contributed by atoms with Crippen molar-refractivity contribution in [1.82, 2.24) is 9.55 Å². The highest BCUT2D eigenvalue weighted by Gasteiger charge is 2.17. The summed E-state index contributed by atoms with van der Waals surface area (Å²) in [6.07, 6.45) is 0. The van der Waals surface area contributed by atoms with E-state index in [0.29, 0.717) is 16.6 Å². The Kier molecular flexibility index (Phi) is 5.77. The molecule has 0 aliphatic rings. The molecule has 1 amide bonds. The van der Waals surface area contributed by atoms with Gasteiger partial charge in [-0.05, 0) is 36.4 Å². The van der Waals surface area contributed by atoms with Gasteiger partial charge >= 0.3 is 0 Å². The first kappa shape index (κ1) is 20.7. The molecule has 31 heavy (non-hydrogen) atoms. The number of aromatic nitrogens is 2. The Hall–Kier alpha value is -3.59.